The molecule has 140 valence electrons. The van der Waals surface area contributed by atoms with E-state index in [1.807, 2.05) is 0 Å². The summed E-state index contributed by atoms with van der Waals surface area (Å²) in [6, 6.07) is 4.96. The predicted molar refractivity (Wildman–Crippen MR) is 120 cm³/mol. The maximum absolute atomic E-state index is 3.92. The molecule has 0 bridgehead atoms. The molecule has 1 aliphatic rings. The van der Waals surface area contributed by atoms with Crippen molar-refractivity contribution >= 4 is 33.6 Å². The molecule has 1 fully saturated rings. The molecular weight excluding hydrogens is 387 g/mol. The monoisotopic (exact) mass is 422 g/mol. The van der Waals surface area contributed by atoms with Gasteiger partial charge >= 0.3 is 0 Å². The summed E-state index contributed by atoms with van der Waals surface area (Å²) in [6.45, 7) is 21.1. The van der Waals surface area contributed by atoms with Crippen molar-refractivity contribution in [2.24, 2.45) is 5.92 Å². The Kier molecular flexibility index (Phi) is 6.03. The van der Waals surface area contributed by atoms with Gasteiger partial charge in [-0.15, -0.1) is 0 Å². The first-order valence-corrected chi connectivity index (χ1v) is 11.3. The van der Waals surface area contributed by atoms with Crippen molar-refractivity contribution < 1.29 is 0 Å². The minimum Gasteiger partial charge on any atom is -0.0567 e. The minimum atomic E-state index is 0.149. The van der Waals surface area contributed by atoms with Crippen LogP contribution in [0, 0.1) is 5.92 Å². The Bertz CT molecular complexity index is 624. The summed E-state index contributed by atoms with van der Waals surface area (Å²) < 4.78 is 1.45. The van der Waals surface area contributed by atoms with E-state index in [0.717, 1.165) is 5.92 Å². The van der Waals surface area contributed by atoms with Crippen molar-refractivity contribution in [3.05, 3.63) is 28.8 Å². The Morgan fingerprint density at radius 3 is 1.64 bits per heavy atom. The van der Waals surface area contributed by atoms with Crippen LogP contribution in [-0.2, 0) is 16.2 Å². The van der Waals surface area contributed by atoms with E-state index in [1.54, 1.807) is 0 Å². The zero-order chi connectivity index (χ0) is 19.2. The number of hydrogen-bond acceptors (Lipinski definition) is 0. The van der Waals surface area contributed by atoms with Gasteiger partial charge in [0.15, 0.2) is 0 Å². The summed E-state index contributed by atoms with van der Waals surface area (Å²) in [5.41, 5.74) is 4.95. The SMILES string of the molecule is CC(C)(C)c1cc(C(C)(C)C)c(P=C(Br)CC2CC2)c(C(C)(C)C)c1. The first-order valence-electron chi connectivity index (χ1n) is 9.62. The highest BCUT2D eigenvalue weighted by atomic mass is 79.9. The van der Waals surface area contributed by atoms with Gasteiger partial charge in [0.1, 0.15) is 0 Å². The second-order valence-corrected chi connectivity index (χ2v) is 13.6. The second-order valence-electron chi connectivity index (χ2n) is 10.8. The lowest BCUT2D eigenvalue weighted by Gasteiger charge is -2.32. The van der Waals surface area contributed by atoms with Crippen molar-refractivity contribution in [1.29, 1.82) is 0 Å². The molecule has 0 spiro atoms. The summed E-state index contributed by atoms with van der Waals surface area (Å²) in [5.74, 6) is 0.923. The quantitative estimate of drug-likeness (QED) is 0.442. The normalized spacial score (nSPS) is 17.1. The largest absolute Gasteiger partial charge is 0.0567 e. The van der Waals surface area contributed by atoms with E-state index in [1.165, 1.54) is 53.7 Å². The van der Waals surface area contributed by atoms with Crippen LogP contribution in [0.2, 0.25) is 0 Å². The third-order valence-electron chi connectivity index (χ3n) is 4.98. The fraction of sp³-hybridized carbons (Fsp3) is 0.696. The van der Waals surface area contributed by atoms with Crippen LogP contribution in [-0.4, -0.2) is 4.20 Å². The van der Waals surface area contributed by atoms with E-state index in [4.69, 9.17) is 0 Å². The van der Waals surface area contributed by atoms with Crippen LogP contribution in [0.4, 0.5) is 0 Å². The Labute approximate surface area is 166 Å². The first kappa shape index (κ1) is 21.2. The number of benzene rings is 1. The fourth-order valence-corrected chi connectivity index (χ4v) is 5.68. The van der Waals surface area contributed by atoms with Crippen molar-refractivity contribution in [2.75, 3.05) is 0 Å². The molecular formula is C23H36BrP. The molecule has 1 aliphatic carbocycles. The third-order valence-corrected chi connectivity index (χ3v) is 6.97. The van der Waals surface area contributed by atoms with Gasteiger partial charge in [-0.05, 0) is 58.1 Å². The molecule has 1 saturated carbocycles. The smallest absolute Gasteiger partial charge is 0.0231 e. The summed E-state index contributed by atoms with van der Waals surface area (Å²) in [6.07, 6.45) is 4.05. The van der Waals surface area contributed by atoms with Crippen LogP contribution < -0.4 is 5.30 Å². The van der Waals surface area contributed by atoms with Crippen LogP contribution >= 0.6 is 24.1 Å². The minimum absolute atomic E-state index is 0.149. The van der Waals surface area contributed by atoms with Crippen LogP contribution in [0.3, 0.4) is 0 Å². The molecule has 1 aromatic carbocycles. The lowest BCUT2D eigenvalue weighted by atomic mass is 9.75. The lowest BCUT2D eigenvalue weighted by Crippen LogP contribution is -2.30. The van der Waals surface area contributed by atoms with E-state index < -0.39 is 0 Å². The van der Waals surface area contributed by atoms with Gasteiger partial charge in [0.25, 0.3) is 0 Å². The van der Waals surface area contributed by atoms with Crippen molar-refractivity contribution in [3.8, 4) is 0 Å². The molecule has 0 radical (unpaired) electrons. The summed E-state index contributed by atoms with van der Waals surface area (Å²) in [7, 11) is 1.37. The molecule has 0 N–H and O–H groups in total. The van der Waals surface area contributed by atoms with Crippen LogP contribution in [0.25, 0.3) is 0 Å². The van der Waals surface area contributed by atoms with Crippen LogP contribution in [0.15, 0.2) is 12.1 Å². The highest BCUT2D eigenvalue weighted by molar-refractivity contribution is 9.19. The van der Waals surface area contributed by atoms with E-state index in [-0.39, 0.29) is 16.2 Å². The number of halogens is 1. The Morgan fingerprint density at radius 1 is 0.880 bits per heavy atom. The van der Waals surface area contributed by atoms with Crippen molar-refractivity contribution in [1.82, 2.24) is 0 Å². The topological polar surface area (TPSA) is 0 Å². The summed E-state index contributed by atoms with van der Waals surface area (Å²) >= 11 is 3.92. The van der Waals surface area contributed by atoms with E-state index in [2.05, 4.69) is 90.4 Å². The molecule has 0 atom stereocenters. The van der Waals surface area contributed by atoms with Crippen molar-refractivity contribution in [3.63, 3.8) is 0 Å². The Morgan fingerprint density at radius 2 is 1.32 bits per heavy atom. The third kappa shape index (κ3) is 5.67. The highest BCUT2D eigenvalue weighted by Crippen LogP contribution is 2.38. The van der Waals surface area contributed by atoms with E-state index in [9.17, 15) is 0 Å². The molecule has 25 heavy (non-hydrogen) atoms. The molecule has 0 aliphatic heterocycles. The Hall–Kier alpha value is -0.130. The van der Waals surface area contributed by atoms with Gasteiger partial charge in [0.05, 0.1) is 0 Å². The van der Waals surface area contributed by atoms with Crippen LogP contribution in [0.1, 0.15) is 98.3 Å². The van der Waals surface area contributed by atoms with Crippen LogP contribution in [0.5, 0.6) is 0 Å². The molecule has 0 heterocycles. The van der Waals surface area contributed by atoms with Gasteiger partial charge in [-0.2, -0.15) is 0 Å². The van der Waals surface area contributed by atoms with Gasteiger partial charge < -0.3 is 0 Å². The highest BCUT2D eigenvalue weighted by Gasteiger charge is 2.29. The molecule has 0 saturated heterocycles. The molecule has 2 heteroatoms. The van der Waals surface area contributed by atoms with E-state index >= 15 is 0 Å². The second kappa shape index (κ2) is 7.12. The zero-order valence-electron chi connectivity index (χ0n) is 17.7. The van der Waals surface area contributed by atoms with Gasteiger partial charge in [-0.1, -0.05) is 98.6 Å². The zero-order valence-corrected chi connectivity index (χ0v) is 20.2. The summed E-state index contributed by atoms with van der Waals surface area (Å²) in [4.78, 5) is 0. The predicted octanol–water partition coefficient (Wildman–Crippen LogP) is 7.48. The summed E-state index contributed by atoms with van der Waals surface area (Å²) in [5, 5.41) is 1.53. The molecule has 0 nitrogen and oxygen atoms in total. The molecule has 0 unspecified atom stereocenters. The first-order chi connectivity index (χ1) is 11.2. The molecule has 0 aromatic heterocycles. The average molecular weight is 423 g/mol. The Balaban J connectivity index is 2.72. The number of rotatable bonds is 3. The molecule has 2 rings (SSSR count). The van der Waals surface area contributed by atoms with Gasteiger partial charge in [0.2, 0.25) is 0 Å². The standard InChI is InChI=1S/C23H36BrP/c1-21(2,3)16-13-17(22(4,5)6)20(18(14-16)23(7,8)9)25-19(24)12-15-10-11-15/h13-15H,10-12H2,1-9H3. The maximum atomic E-state index is 3.92. The molecule has 1 aromatic rings. The van der Waals surface area contributed by atoms with E-state index in [0.29, 0.717) is 0 Å². The molecule has 0 amide bonds. The van der Waals surface area contributed by atoms with Crippen molar-refractivity contribution in [2.45, 2.75) is 97.8 Å². The van der Waals surface area contributed by atoms with Gasteiger partial charge in [-0.3, -0.25) is 0 Å². The lowest BCUT2D eigenvalue weighted by molar-refractivity contribution is 0.554. The number of hydrogen-bond donors (Lipinski definition) is 0. The van der Waals surface area contributed by atoms with Gasteiger partial charge in [-0.25, -0.2) is 0 Å². The fourth-order valence-electron chi connectivity index (χ4n) is 3.06. The van der Waals surface area contributed by atoms with Gasteiger partial charge in [0, 0.05) is 9.51 Å². The average Bonchev–Trinajstić information content (AvgIpc) is 3.18. The maximum Gasteiger partial charge on any atom is 0.0231 e.